The first kappa shape index (κ1) is 12.9. The van der Waals surface area contributed by atoms with Crippen molar-refractivity contribution in [2.75, 3.05) is 18.4 Å². The van der Waals surface area contributed by atoms with Crippen LogP contribution in [0.15, 0.2) is 4.52 Å². The first-order valence-corrected chi connectivity index (χ1v) is 6.11. The Labute approximate surface area is 106 Å². The number of rotatable bonds is 1. The Morgan fingerprint density at radius 2 is 1.94 bits per heavy atom. The third kappa shape index (κ3) is 2.64. The largest absolute Gasteiger partial charge is 0.372 e. The number of nitrogens with one attached hydrogen (secondary N) is 1. The smallest absolute Gasteiger partial charge is 0.322 e. The summed E-state index contributed by atoms with van der Waals surface area (Å²) >= 11 is 0. The minimum atomic E-state index is -0.133. The molecule has 1 N–H and O–H groups in total. The molecule has 1 aromatic rings. The molecule has 2 rings (SSSR count). The maximum atomic E-state index is 12.2. The minimum absolute atomic E-state index is 0.0594. The number of hydrogen-bond donors (Lipinski definition) is 1. The molecular weight excluding hydrogens is 234 g/mol. The molecular formula is C12H19N3O3. The first-order valence-electron chi connectivity index (χ1n) is 6.11. The summed E-state index contributed by atoms with van der Waals surface area (Å²) in [4.78, 5) is 13.9. The zero-order chi connectivity index (χ0) is 13.3. The summed E-state index contributed by atoms with van der Waals surface area (Å²) in [6, 6.07) is -0.133. The molecule has 1 aliphatic rings. The average Bonchev–Trinajstić information content (AvgIpc) is 2.59. The number of carbonyl (C=O) groups excluding carboxylic acids is 1. The SMILES string of the molecule is Cc1noc(C)c1NC(=O)N1C[C@@H](C)O[C@@H](C)C1. The molecule has 1 saturated heterocycles. The van der Waals surface area contributed by atoms with Gasteiger partial charge in [-0.3, -0.25) is 0 Å². The van der Waals surface area contributed by atoms with E-state index in [1.54, 1.807) is 18.7 Å². The predicted octanol–water partition coefficient (Wildman–Crippen LogP) is 1.93. The van der Waals surface area contributed by atoms with Crippen molar-refractivity contribution < 1.29 is 14.1 Å². The standard InChI is InChI=1S/C12H19N3O3/c1-7-5-15(6-8(2)17-7)12(16)13-11-9(3)14-18-10(11)4/h7-8H,5-6H2,1-4H3,(H,13,16)/t7-,8+. The number of amides is 2. The Morgan fingerprint density at radius 1 is 1.33 bits per heavy atom. The van der Waals surface area contributed by atoms with E-state index in [0.29, 0.717) is 30.2 Å². The number of nitrogens with zero attached hydrogens (tertiary/aromatic N) is 2. The molecule has 1 fully saturated rings. The maximum Gasteiger partial charge on any atom is 0.322 e. The normalized spacial score (nSPS) is 24.1. The fourth-order valence-corrected chi connectivity index (χ4v) is 2.19. The van der Waals surface area contributed by atoms with Crippen molar-refractivity contribution in [2.24, 2.45) is 0 Å². The van der Waals surface area contributed by atoms with Crippen LogP contribution in [0.25, 0.3) is 0 Å². The lowest BCUT2D eigenvalue weighted by Gasteiger charge is -2.35. The van der Waals surface area contributed by atoms with Gasteiger partial charge in [-0.15, -0.1) is 0 Å². The highest BCUT2D eigenvalue weighted by Crippen LogP contribution is 2.20. The van der Waals surface area contributed by atoms with Crippen LogP contribution in [-0.2, 0) is 4.74 Å². The predicted molar refractivity (Wildman–Crippen MR) is 66.6 cm³/mol. The van der Waals surface area contributed by atoms with E-state index < -0.39 is 0 Å². The average molecular weight is 253 g/mol. The van der Waals surface area contributed by atoms with Crippen LogP contribution in [0.4, 0.5) is 10.5 Å². The van der Waals surface area contributed by atoms with E-state index in [0.717, 1.165) is 0 Å². The van der Waals surface area contributed by atoms with Gasteiger partial charge in [0.15, 0.2) is 5.76 Å². The summed E-state index contributed by atoms with van der Waals surface area (Å²) in [5, 5.41) is 6.66. The topological polar surface area (TPSA) is 67.6 Å². The van der Waals surface area contributed by atoms with E-state index in [-0.39, 0.29) is 18.2 Å². The van der Waals surface area contributed by atoms with Crippen LogP contribution in [0.3, 0.4) is 0 Å². The van der Waals surface area contributed by atoms with Crippen molar-refractivity contribution in [3.05, 3.63) is 11.5 Å². The molecule has 2 atom stereocenters. The molecule has 0 spiro atoms. The van der Waals surface area contributed by atoms with Crippen molar-refractivity contribution in [1.29, 1.82) is 0 Å². The lowest BCUT2D eigenvalue weighted by molar-refractivity contribution is -0.0530. The number of urea groups is 1. The third-order valence-corrected chi connectivity index (χ3v) is 2.97. The Hall–Kier alpha value is -1.56. The van der Waals surface area contributed by atoms with Crippen LogP contribution in [0.1, 0.15) is 25.3 Å². The highest BCUT2D eigenvalue weighted by Gasteiger charge is 2.26. The van der Waals surface area contributed by atoms with Crippen LogP contribution in [-0.4, -0.2) is 41.4 Å². The molecule has 1 aliphatic heterocycles. The van der Waals surface area contributed by atoms with Crippen LogP contribution >= 0.6 is 0 Å². The van der Waals surface area contributed by atoms with E-state index in [1.165, 1.54) is 0 Å². The van der Waals surface area contributed by atoms with Gasteiger partial charge in [-0.25, -0.2) is 4.79 Å². The summed E-state index contributed by atoms with van der Waals surface area (Å²) in [6.07, 6.45) is 0.119. The molecule has 0 radical (unpaired) electrons. The van der Waals surface area contributed by atoms with E-state index in [4.69, 9.17) is 9.26 Å². The number of morpholine rings is 1. The van der Waals surface area contributed by atoms with Crippen LogP contribution in [0.5, 0.6) is 0 Å². The van der Waals surface area contributed by atoms with Gasteiger partial charge in [0.2, 0.25) is 0 Å². The summed E-state index contributed by atoms with van der Waals surface area (Å²) in [5.41, 5.74) is 1.35. The van der Waals surface area contributed by atoms with E-state index >= 15 is 0 Å². The first-order chi connectivity index (χ1) is 8.47. The quantitative estimate of drug-likeness (QED) is 0.830. The van der Waals surface area contributed by atoms with Crippen molar-refractivity contribution >= 4 is 11.7 Å². The Balaban J connectivity index is 2.04. The second-order valence-corrected chi connectivity index (χ2v) is 4.79. The number of anilines is 1. The minimum Gasteiger partial charge on any atom is -0.372 e. The van der Waals surface area contributed by atoms with Gasteiger partial charge in [-0.1, -0.05) is 5.16 Å². The lowest BCUT2D eigenvalue weighted by Crippen LogP contribution is -2.49. The van der Waals surface area contributed by atoms with Crippen molar-refractivity contribution in [3.8, 4) is 0 Å². The number of aromatic nitrogens is 1. The number of aryl methyl sites for hydroxylation is 2. The third-order valence-electron chi connectivity index (χ3n) is 2.97. The summed E-state index contributed by atoms with van der Waals surface area (Å²) in [7, 11) is 0. The molecule has 0 aromatic carbocycles. The van der Waals surface area contributed by atoms with Crippen LogP contribution in [0.2, 0.25) is 0 Å². The molecule has 6 heteroatoms. The van der Waals surface area contributed by atoms with Crippen molar-refractivity contribution in [2.45, 2.75) is 39.9 Å². The molecule has 2 amide bonds. The maximum absolute atomic E-state index is 12.2. The number of hydrogen-bond acceptors (Lipinski definition) is 4. The molecule has 0 aliphatic carbocycles. The van der Waals surface area contributed by atoms with E-state index in [1.807, 2.05) is 13.8 Å². The molecule has 1 aromatic heterocycles. The zero-order valence-corrected chi connectivity index (χ0v) is 11.2. The highest BCUT2D eigenvalue weighted by atomic mass is 16.5. The van der Waals surface area contributed by atoms with E-state index in [2.05, 4.69) is 10.5 Å². The molecule has 0 saturated carbocycles. The number of carbonyl (C=O) groups is 1. The molecule has 18 heavy (non-hydrogen) atoms. The van der Waals surface area contributed by atoms with Gasteiger partial charge < -0.3 is 19.5 Å². The zero-order valence-electron chi connectivity index (χ0n) is 11.2. The van der Waals surface area contributed by atoms with Gasteiger partial charge in [0.05, 0.1) is 12.2 Å². The van der Waals surface area contributed by atoms with Gasteiger partial charge in [-0.2, -0.15) is 0 Å². The van der Waals surface area contributed by atoms with Crippen molar-refractivity contribution in [3.63, 3.8) is 0 Å². The highest BCUT2D eigenvalue weighted by molar-refractivity contribution is 5.90. The molecule has 0 unspecified atom stereocenters. The summed E-state index contributed by atoms with van der Waals surface area (Å²) in [6.45, 7) is 8.70. The second kappa shape index (κ2) is 4.97. The van der Waals surface area contributed by atoms with Gasteiger partial charge in [-0.05, 0) is 27.7 Å². The van der Waals surface area contributed by atoms with Crippen molar-refractivity contribution in [1.82, 2.24) is 10.1 Å². The summed E-state index contributed by atoms with van der Waals surface area (Å²) in [5.74, 6) is 0.621. The van der Waals surface area contributed by atoms with Crippen LogP contribution in [0, 0.1) is 13.8 Å². The number of ether oxygens (including phenoxy) is 1. The Bertz CT molecular complexity index is 414. The van der Waals surface area contributed by atoms with Gasteiger partial charge >= 0.3 is 6.03 Å². The van der Waals surface area contributed by atoms with Gasteiger partial charge in [0.25, 0.3) is 0 Å². The molecule has 6 nitrogen and oxygen atoms in total. The molecule has 0 bridgehead atoms. The fraction of sp³-hybridized carbons (Fsp3) is 0.667. The molecule has 100 valence electrons. The van der Waals surface area contributed by atoms with Gasteiger partial charge in [0.1, 0.15) is 11.4 Å². The van der Waals surface area contributed by atoms with E-state index in [9.17, 15) is 4.79 Å². The van der Waals surface area contributed by atoms with Crippen LogP contribution < -0.4 is 5.32 Å². The fourth-order valence-electron chi connectivity index (χ4n) is 2.19. The Kier molecular flexibility index (Phi) is 3.56. The Morgan fingerprint density at radius 3 is 2.44 bits per heavy atom. The molecule has 2 heterocycles. The lowest BCUT2D eigenvalue weighted by atomic mass is 10.2. The second-order valence-electron chi connectivity index (χ2n) is 4.79. The van der Waals surface area contributed by atoms with Gasteiger partial charge in [0, 0.05) is 13.1 Å². The monoisotopic (exact) mass is 253 g/mol. The summed E-state index contributed by atoms with van der Waals surface area (Å²) < 4.78 is 10.6.